The van der Waals surface area contributed by atoms with E-state index in [0.29, 0.717) is 5.76 Å². The molecule has 0 saturated carbocycles. The highest BCUT2D eigenvalue weighted by atomic mass is 79.9. The minimum absolute atomic E-state index is 0.549. The second-order valence-electron chi connectivity index (χ2n) is 4.71. The highest BCUT2D eigenvalue weighted by molar-refractivity contribution is 9.11. The first-order valence-electron chi connectivity index (χ1n) is 6.18. The molecule has 0 aliphatic carbocycles. The van der Waals surface area contributed by atoms with Gasteiger partial charge in [0.1, 0.15) is 17.4 Å². The summed E-state index contributed by atoms with van der Waals surface area (Å²) >= 11 is 6.89. The van der Waals surface area contributed by atoms with Crippen molar-refractivity contribution in [1.29, 1.82) is 0 Å². The first kappa shape index (κ1) is 13.9. The summed E-state index contributed by atoms with van der Waals surface area (Å²) in [6.45, 7) is 2.00. The fourth-order valence-corrected chi connectivity index (χ4v) is 3.08. The summed E-state index contributed by atoms with van der Waals surface area (Å²) in [7, 11) is 0. The summed E-state index contributed by atoms with van der Waals surface area (Å²) < 4.78 is 7.59. The standard InChI is InChI=1S/C16H12Br2O2/c1-9-3-2-4-10-7-14(20-16(9)10)15(19)12-8-11(17)5-6-13(12)18/h2-8,15,19H,1H3. The molecule has 1 unspecified atom stereocenters. The minimum Gasteiger partial charge on any atom is -0.458 e. The molecular weight excluding hydrogens is 384 g/mol. The SMILES string of the molecule is Cc1cccc2cc(C(O)c3cc(Br)ccc3Br)oc12. The number of benzene rings is 2. The number of fused-ring (bicyclic) bond motifs is 1. The van der Waals surface area contributed by atoms with Crippen LogP contribution in [0.25, 0.3) is 11.0 Å². The van der Waals surface area contributed by atoms with Crippen LogP contribution in [0.3, 0.4) is 0 Å². The lowest BCUT2D eigenvalue weighted by atomic mass is 10.1. The Balaban J connectivity index is 2.10. The summed E-state index contributed by atoms with van der Waals surface area (Å²) in [6.07, 6.45) is -0.798. The zero-order valence-electron chi connectivity index (χ0n) is 10.7. The maximum atomic E-state index is 10.5. The van der Waals surface area contributed by atoms with Gasteiger partial charge in [-0.1, -0.05) is 50.1 Å². The molecule has 102 valence electrons. The Hall–Kier alpha value is -1.10. The summed E-state index contributed by atoms with van der Waals surface area (Å²) in [6, 6.07) is 13.6. The van der Waals surface area contributed by atoms with Gasteiger partial charge in [-0.15, -0.1) is 0 Å². The molecule has 0 aliphatic rings. The molecule has 20 heavy (non-hydrogen) atoms. The normalized spacial score (nSPS) is 12.8. The lowest BCUT2D eigenvalue weighted by molar-refractivity contribution is 0.191. The van der Waals surface area contributed by atoms with Crippen LogP contribution in [0.1, 0.15) is 23.0 Å². The number of aliphatic hydroxyl groups excluding tert-OH is 1. The van der Waals surface area contributed by atoms with Gasteiger partial charge in [0, 0.05) is 19.9 Å². The van der Waals surface area contributed by atoms with E-state index in [4.69, 9.17) is 4.42 Å². The van der Waals surface area contributed by atoms with Gasteiger partial charge in [-0.3, -0.25) is 0 Å². The predicted octanol–water partition coefficient (Wildman–Crippen LogP) is 5.35. The first-order chi connectivity index (χ1) is 9.56. The van der Waals surface area contributed by atoms with Crippen molar-refractivity contribution in [3.8, 4) is 0 Å². The van der Waals surface area contributed by atoms with Crippen molar-refractivity contribution in [2.24, 2.45) is 0 Å². The van der Waals surface area contributed by atoms with Gasteiger partial charge in [0.15, 0.2) is 0 Å². The molecule has 0 amide bonds. The maximum Gasteiger partial charge on any atom is 0.138 e. The van der Waals surface area contributed by atoms with E-state index < -0.39 is 6.10 Å². The van der Waals surface area contributed by atoms with Crippen molar-refractivity contribution in [3.05, 3.63) is 68.3 Å². The van der Waals surface area contributed by atoms with Crippen LogP contribution in [-0.4, -0.2) is 5.11 Å². The lowest BCUT2D eigenvalue weighted by Crippen LogP contribution is -1.99. The monoisotopic (exact) mass is 394 g/mol. The molecular formula is C16H12Br2O2. The third kappa shape index (κ3) is 2.43. The average molecular weight is 396 g/mol. The zero-order chi connectivity index (χ0) is 14.3. The number of para-hydroxylation sites is 1. The highest BCUT2D eigenvalue weighted by Gasteiger charge is 2.19. The first-order valence-corrected chi connectivity index (χ1v) is 7.77. The Morgan fingerprint density at radius 2 is 1.90 bits per heavy atom. The third-order valence-corrected chi connectivity index (χ3v) is 4.50. The molecule has 2 aromatic carbocycles. The third-order valence-electron chi connectivity index (χ3n) is 3.28. The molecule has 0 radical (unpaired) electrons. The predicted molar refractivity (Wildman–Crippen MR) is 86.9 cm³/mol. The van der Waals surface area contributed by atoms with Crippen LogP contribution in [0.15, 0.2) is 55.8 Å². The van der Waals surface area contributed by atoms with Crippen LogP contribution in [0.4, 0.5) is 0 Å². The lowest BCUT2D eigenvalue weighted by Gasteiger charge is -2.10. The van der Waals surface area contributed by atoms with Crippen LogP contribution >= 0.6 is 31.9 Å². The Morgan fingerprint density at radius 3 is 2.65 bits per heavy atom. The highest BCUT2D eigenvalue weighted by Crippen LogP contribution is 2.34. The van der Waals surface area contributed by atoms with E-state index in [2.05, 4.69) is 31.9 Å². The molecule has 1 heterocycles. The Kier molecular flexibility index (Phi) is 3.71. The molecule has 0 aliphatic heterocycles. The van der Waals surface area contributed by atoms with Gasteiger partial charge in [-0.25, -0.2) is 0 Å². The van der Waals surface area contributed by atoms with Crippen molar-refractivity contribution in [1.82, 2.24) is 0 Å². The summed E-state index contributed by atoms with van der Waals surface area (Å²) in [5, 5.41) is 11.5. The molecule has 3 aromatic rings. The fourth-order valence-electron chi connectivity index (χ4n) is 2.24. The quantitative estimate of drug-likeness (QED) is 0.634. The molecule has 3 rings (SSSR count). The van der Waals surface area contributed by atoms with Gasteiger partial charge < -0.3 is 9.52 Å². The number of hydrogen-bond donors (Lipinski definition) is 1. The molecule has 1 aromatic heterocycles. The van der Waals surface area contributed by atoms with E-state index in [0.717, 1.165) is 31.0 Å². The second-order valence-corrected chi connectivity index (χ2v) is 6.48. The molecule has 2 nitrogen and oxygen atoms in total. The average Bonchev–Trinajstić information content (AvgIpc) is 2.86. The molecule has 0 fully saturated rings. The number of aliphatic hydroxyl groups is 1. The van der Waals surface area contributed by atoms with Crippen LogP contribution < -0.4 is 0 Å². The van der Waals surface area contributed by atoms with Crippen molar-refractivity contribution in [2.45, 2.75) is 13.0 Å². The van der Waals surface area contributed by atoms with Crippen LogP contribution in [0, 0.1) is 6.92 Å². The van der Waals surface area contributed by atoms with Gasteiger partial charge in [0.2, 0.25) is 0 Å². The van der Waals surface area contributed by atoms with Gasteiger partial charge >= 0.3 is 0 Å². The summed E-state index contributed by atoms with van der Waals surface area (Å²) in [5.41, 5.74) is 2.66. The topological polar surface area (TPSA) is 33.4 Å². The number of halogens is 2. The van der Waals surface area contributed by atoms with Gasteiger partial charge in [-0.05, 0) is 36.8 Å². The van der Waals surface area contributed by atoms with Crippen molar-refractivity contribution < 1.29 is 9.52 Å². The number of rotatable bonds is 2. The van der Waals surface area contributed by atoms with Gasteiger partial charge in [0.05, 0.1) is 0 Å². The Bertz CT molecular complexity index is 777. The summed E-state index contributed by atoms with van der Waals surface area (Å²) in [4.78, 5) is 0. The minimum atomic E-state index is -0.798. The van der Waals surface area contributed by atoms with Crippen LogP contribution in [0.5, 0.6) is 0 Å². The van der Waals surface area contributed by atoms with E-state index >= 15 is 0 Å². The van der Waals surface area contributed by atoms with Crippen LogP contribution in [0.2, 0.25) is 0 Å². The molecule has 0 saturated heterocycles. The maximum absolute atomic E-state index is 10.5. The van der Waals surface area contributed by atoms with Crippen molar-refractivity contribution in [2.75, 3.05) is 0 Å². The molecule has 0 bridgehead atoms. The number of furan rings is 1. The Morgan fingerprint density at radius 1 is 1.10 bits per heavy atom. The molecule has 1 atom stereocenters. The van der Waals surface area contributed by atoms with E-state index in [1.165, 1.54) is 0 Å². The van der Waals surface area contributed by atoms with E-state index in [9.17, 15) is 5.11 Å². The van der Waals surface area contributed by atoms with Crippen molar-refractivity contribution >= 4 is 42.8 Å². The Labute approximate surface area is 133 Å². The summed E-state index contributed by atoms with van der Waals surface area (Å²) in [5.74, 6) is 0.549. The van der Waals surface area contributed by atoms with Crippen LogP contribution in [-0.2, 0) is 0 Å². The van der Waals surface area contributed by atoms with Gasteiger partial charge in [-0.2, -0.15) is 0 Å². The van der Waals surface area contributed by atoms with E-state index in [-0.39, 0.29) is 0 Å². The number of hydrogen-bond acceptors (Lipinski definition) is 2. The smallest absolute Gasteiger partial charge is 0.138 e. The molecule has 0 spiro atoms. The van der Waals surface area contributed by atoms with E-state index in [1.54, 1.807) is 0 Å². The molecule has 1 N–H and O–H groups in total. The van der Waals surface area contributed by atoms with E-state index in [1.807, 2.05) is 49.4 Å². The zero-order valence-corrected chi connectivity index (χ0v) is 13.9. The fraction of sp³-hybridized carbons (Fsp3) is 0.125. The largest absolute Gasteiger partial charge is 0.458 e. The number of aryl methyl sites for hydroxylation is 1. The van der Waals surface area contributed by atoms with Gasteiger partial charge in [0.25, 0.3) is 0 Å². The second kappa shape index (κ2) is 5.35. The molecule has 4 heteroatoms. The van der Waals surface area contributed by atoms with Crippen molar-refractivity contribution in [3.63, 3.8) is 0 Å².